The Kier molecular flexibility index (Phi) is 3.59. The first-order chi connectivity index (χ1) is 10.1. The lowest BCUT2D eigenvalue weighted by Crippen LogP contribution is -2.06. The molecule has 0 aliphatic heterocycles. The number of fused-ring (bicyclic) bond motifs is 1. The van der Waals surface area contributed by atoms with Gasteiger partial charge in [-0.05, 0) is 24.6 Å². The summed E-state index contributed by atoms with van der Waals surface area (Å²) in [5.41, 5.74) is 1.42. The second kappa shape index (κ2) is 5.41. The number of rotatable bonds is 3. The maximum absolute atomic E-state index is 13.9. The number of pyridine rings is 1. The summed E-state index contributed by atoms with van der Waals surface area (Å²) in [6.07, 6.45) is 3.37. The highest BCUT2D eigenvalue weighted by atomic mass is 35.5. The van der Waals surface area contributed by atoms with E-state index >= 15 is 0 Å². The van der Waals surface area contributed by atoms with E-state index in [1.807, 2.05) is 6.07 Å². The van der Waals surface area contributed by atoms with E-state index in [4.69, 9.17) is 11.6 Å². The number of imidazole rings is 1. The lowest BCUT2D eigenvalue weighted by molar-refractivity contribution is 0.590. The fraction of sp³-hybridized carbons (Fsp3) is 0.200. The number of hydrogen-bond donors (Lipinski definition) is 0. The van der Waals surface area contributed by atoms with Gasteiger partial charge in [0.2, 0.25) is 0 Å². The van der Waals surface area contributed by atoms with Gasteiger partial charge in [0.15, 0.2) is 5.82 Å². The summed E-state index contributed by atoms with van der Waals surface area (Å²) >= 11 is 6.12. The second-order valence-electron chi connectivity index (χ2n) is 4.79. The average molecular weight is 308 g/mol. The van der Waals surface area contributed by atoms with Crippen molar-refractivity contribution in [2.45, 2.75) is 18.8 Å². The smallest absolute Gasteiger partial charge is 0.153 e. The molecule has 1 atom stereocenters. The van der Waals surface area contributed by atoms with Gasteiger partial charge in [-0.1, -0.05) is 6.07 Å². The van der Waals surface area contributed by atoms with E-state index in [1.165, 1.54) is 6.07 Å². The number of nitrogens with zero attached hydrogens (tertiary/aromatic N) is 3. The van der Waals surface area contributed by atoms with Crippen molar-refractivity contribution < 1.29 is 8.78 Å². The molecule has 0 saturated heterocycles. The Labute approximate surface area is 125 Å². The molecular formula is C15H12ClF2N3. The Bertz CT molecular complexity index is 784. The number of alkyl halides is 1. The summed E-state index contributed by atoms with van der Waals surface area (Å²) in [5, 5.41) is -0.420. The summed E-state index contributed by atoms with van der Waals surface area (Å²) in [7, 11) is 0. The van der Waals surface area contributed by atoms with Gasteiger partial charge in [0, 0.05) is 18.5 Å². The van der Waals surface area contributed by atoms with E-state index in [9.17, 15) is 8.78 Å². The van der Waals surface area contributed by atoms with E-state index in [-0.39, 0.29) is 5.52 Å². The largest absolute Gasteiger partial charge is 0.322 e. The van der Waals surface area contributed by atoms with Crippen LogP contribution in [-0.2, 0) is 6.54 Å². The number of halogens is 3. The summed E-state index contributed by atoms with van der Waals surface area (Å²) in [5.74, 6) is -0.824. The molecule has 0 spiro atoms. The minimum Gasteiger partial charge on any atom is -0.322 e. The number of hydrogen-bond acceptors (Lipinski definition) is 2. The summed E-state index contributed by atoms with van der Waals surface area (Å²) < 4.78 is 29.1. The lowest BCUT2D eigenvalue weighted by Gasteiger charge is -2.10. The van der Waals surface area contributed by atoms with Gasteiger partial charge >= 0.3 is 0 Å². The minimum absolute atomic E-state index is 0.128. The van der Waals surface area contributed by atoms with Crippen molar-refractivity contribution in [1.29, 1.82) is 0 Å². The molecule has 1 unspecified atom stereocenters. The highest BCUT2D eigenvalue weighted by Gasteiger charge is 2.18. The summed E-state index contributed by atoms with van der Waals surface area (Å²) in [4.78, 5) is 8.26. The zero-order valence-electron chi connectivity index (χ0n) is 11.2. The highest BCUT2D eigenvalue weighted by molar-refractivity contribution is 6.20. The van der Waals surface area contributed by atoms with E-state index in [1.54, 1.807) is 30.0 Å². The van der Waals surface area contributed by atoms with Gasteiger partial charge in [-0.2, -0.15) is 0 Å². The van der Waals surface area contributed by atoms with Crippen LogP contribution in [0.15, 0.2) is 36.7 Å². The van der Waals surface area contributed by atoms with Gasteiger partial charge < -0.3 is 4.57 Å². The van der Waals surface area contributed by atoms with Crippen molar-refractivity contribution in [2.75, 3.05) is 0 Å². The zero-order valence-corrected chi connectivity index (χ0v) is 12.0. The summed E-state index contributed by atoms with van der Waals surface area (Å²) in [6.45, 7) is 2.15. The standard InChI is InChI=1S/C15H12ClF2N3/c1-9(16)15-20-14-12(18)5-11(17)6-13(14)21(15)8-10-3-2-4-19-7-10/h2-7,9H,8H2,1H3. The predicted molar refractivity (Wildman–Crippen MR) is 77.3 cm³/mol. The van der Waals surface area contributed by atoms with E-state index in [2.05, 4.69) is 9.97 Å². The quantitative estimate of drug-likeness (QED) is 0.683. The Morgan fingerprint density at radius 2 is 2.14 bits per heavy atom. The third kappa shape index (κ3) is 2.61. The molecule has 0 aliphatic rings. The van der Waals surface area contributed by atoms with Crippen molar-refractivity contribution in [2.24, 2.45) is 0 Å². The van der Waals surface area contributed by atoms with Crippen LogP contribution in [0.1, 0.15) is 23.7 Å². The molecule has 0 saturated carbocycles. The van der Waals surface area contributed by atoms with Gasteiger partial charge in [-0.3, -0.25) is 4.98 Å². The van der Waals surface area contributed by atoms with E-state index in [0.29, 0.717) is 17.9 Å². The molecule has 0 fully saturated rings. The normalized spacial score (nSPS) is 12.8. The Hall–Kier alpha value is -2.01. The molecule has 21 heavy (non-hydrogen) atoms. The molecule has 0 aliphatic carbocycles. The first-order valence-corrected chi connectivity index (χ1v) is 6.88. The first kappa shape index (κ1) is 13.9. The van der Waals surface area contributed by atoms with Crippen LogP contribution in [0.25, 0.3) is 11.0 Å². The molecule has 1 aromatic carbocycles. The molecule has 6 heteroatoms. The topological polar surface area (TPSA) is 30.7 Å². The third-order valence-electron chi connectivity index (χ3n) is 3.22. The average Bonchev–Trinajstić information content (AvgIpc) is 2.79. The fourth-order valence-electron chi connectivity index (χ4n) is 2.31. The molecular weight excluding hydrogens is 296 g/mol. The Balaban J connectivity index is 2.21. The van der Waals surface area contributed by atoms with Crippen molar-refractivity contribution in [3.05, 3.63) is 59.7 Å². The zero-order chi connectivity index (χ0) is 15.0. The highest BCUT2D eigenvalue weighted by Crippen LogP contribution is 2.27. The van der Waals surface area contributed by atoms with Crippen LogP contribution in [0.5, 0.6) is 0 Å². The van der Waals surface area contributed by atoms with Gasteiger partial charge in [0.1, 0.15) is 17.2 Å². The lowest BCUT2D eigenvalue weighted by atomic mass is 10.2. The van der Waals surface area contributed by atoms with Crippen LogP contribution in [0, 0.1) is 11.6 Å². The van der Waals surface area contributed by atoms with Gasteiger partial charge in [-0.25, -0.2) is 13.8 Å². The molecule has 2 heterocycles. The van der Waals surface area contributed by atoms with Crippen LogP contribution in [0.4, 0.5) is 8.78 Å². The maximum Gasteiger partial charge on any atom is 0.153 e. The minimum atomic E-state index is -0.687. The van der Waals surface area contributed by atoms with Crippen LogP contribution < -0.4 is 0 Å². The molecule has 0 radical (unpaired) electrons. The first-order valence-electron chi connectivity index (χ1n) is 6.44. The monoisotopic (exact) mass is 307 g/mol. The molecule has 0 bridgehead atoms. The van der Waals surface area contributed by atoms with E-state index in [0.717, 1.165) is 11.6 Å². The van der Waals surface area contributed by atoms with Crippen LogP contribution in [0.3, 0.4) is 0 Å². The number of benzene rings is 1. The van der Waals surface area contributed by atoms with Gasteiger partial charge in [0.25, 0.3) is 0 Å². The van der Waals surface area contributed by atoms with E-state index < -0.39 is 17.0 Å². The summed E-state index contributed by atoms with van der Waals surface area (Å²) in [6, 6.07) is 5.79. The predicted octanol–water partition coefficient (Wildman–Crippen LogP) is 4.06. The molecule has 0 amide bonds. The molecule has 3 nitrogen and oxygen atoms in total. The third-order valence-corrected chi connectivity index (χ3v) is 3.42. The van der Waals surface area contributed by atoms with Crippen molar-refractivity contribution in [3.8, 4) is 0 Å². The van der Waals surface area contributed by atoms with Gasteiger partial charge in [0.05, 0.1) is 17.4 Å². The number of aromatic nitrogens is 3. The van der Waals surface area contributed by atoms with Crippen LogP contribution >= 0.6 is 11.6 Å². The maximum atomic E-state index is 13.9. The Morgan fingerprint density at radius 3 is 2.81 bits per heavy atom. The fourth-order valence-corrected chi connectivity index (χ4v) is 2.48. The van der Waals surface area contributed by atoms with Crippen LogP contribution in [-0.4, -0.2) is 14.5 Å². The molecule has 3 aromatic rings. The molecule has 2 aromatic heterocycles. The van der Waals surface area contributed by atoms with Gasteiger partial charge in [-0.15, -0.1) is 11.6 Å². The second-order valence-corrected chi connectivity index (χ2v) is 5.44. The molecule has 0 N–H and O–H groups in total. The van der Waals surface area contributed by atoms with Crippen molar-refractivity contribution >= 4 is 22.6 Å². The Morgan fingerprint density at radius 1 is 1.33 bits per heavy atom. The van der Waals surface area contributed by atoms with Crippen LogP contribution in [0.2, 0.25) is 0 Å². The molecule has 3 rings (SSSR count). The van der Waals surface area contributed by atoms with Crippen molar-refractivity contribution in [1.82, 2.24) is 14.5 Å². The molecule has 108 valence electrons. The van der Waals surface area contributed by atoms with Crippen molar-refractivity contribution in [3.63, 3.8) is 0 Å². The SMILES string of the molecule is CC(Cl)c1nc2c(F)cc(F)cc2n1Cc1cccnc1.